The van der Waals surface area contributed by atoms with Crippen molar-refractivity contribution < 1.29 is 24.0 Å². The summed E-state index contributed by atoms with van der Waals surface area (Å²) in [4.78, 5) is 44.9. The molecule has 2 aromatic carbocycles. The van der Waals surface area contributed by atoms with Crippen molar-refractivity contribution in [1.82, 2.24) is 0 Å². The number of ether oxygens (including phenoxy) is 1. The van der Waals surface area contributed by atoms with Gasteiger partial charge in [0, 0.05) is 30.4 Å². The molecule has 2 amide bonds. The molecule has 0 aliphatic heterocycles. The first-order valence-electron chi connectivity index (χ1n) is 7.55. The van der Waals surface area contributed by atoms with Crippen LogP contribution in [-0.2, 0) is 14.3 Å². The Labute approximate surface area is 158 Å². The van der Waals surface area contributed by atoms with E-state index in [0.29, 0.717) is 11.4 Å². The number of hydrogen-bond acceptors (Lipinski definition) is 6. The van der Waals surface area contributed by atoms with E-state index in [-0.39, 0.29) is 22.2 Å². The van der Waals surface area contributed by atoms with Gasteiger partial charge >= 0.3 is 5.97 Å². The highest BCUT2D eigenvalue weighted by molar-refractivity contribution is 6.33. The quantitative estimate of drug-likeness (QED) is 0.442. The Bertz CT molecular complexity index is 915. The molecule has 2 rings (SSSR count). The molecule has 0 aliphatic carbocycles. The normalized spacial score (nSPS) is 10.0. The second-order valence-corrected chi connectivity index (χ2v) is 5.71. The third kappa shape index (κ3) is 5.79. The summed E-state index contributed by atoms with van der Waals surface area (Å²) in [6, 6.07) is 9.68. The van der Waals surface area contributed by atoms with Gasteiger partial charge < -0.3 is 15.4 Å². The lowest BCUT2D eigenvalue weighted by Gasteiger charge is -2.09. The van der Waals surface area contributed by atoms with E-state index in [2.05, 4.69) is 10.6 Å². The highest BCUT2D eigenvalue weighted by Gasteiger charge is 2.17. The van der Waals surface area contributed by atoms with Crippen LogP contribution in [0.1, 0.15) is 17.3 Å². The predicted molar refractivity (Wildman–Crippen MR) is 97.8 cm³/mol. The van der Waals surface area contributed by atoms with Gasteiger partial charge in [-0.05, 0) is 24.3 Å². The maximum atomic E-state index is 12.0. The van der Waals surface area contributed by atoms with Crippen molar-refractivity contribution in [3.05, 3.63) is 63.2 Å². The van der Waals surface area contributed by atoms with Crippen molar-refractivity contribution >= 4 is 46.4 Å². The predicted octanol–water partition coefficient (Wildman–Crippen LogP) is 3.00. The topological polar surface area (TPSA) is 128 Å². The van der Waals surface area contributed by atoms with Gasteiger partial charge in [0.15, 0.2) is 6.61 Å². The highest BCUT2D eigenvalue weighted by atomic mass is 35.5. The molecule has 0 heterocycles. The minimum absolute atomic E-state index is 0.0947. The third-order valence-electron chi connectivity index (χ3n) is 3.18. The molecular weight excluding hydrogens is 378 g/mol. The molecule has 9 nitrogen and oxygen atoms in total. The van der Waals surface area contributed by atoms with Gasteiger partial charge in [0.1, 0.15) is 0 Å². The molecule has 140 valence electrons. The number of rotatable bonds is 6. The monoisotopic (exact) mass is 391 g/mol. The number of carbonyl (C=O) groups is 3. The number of nitro benzene ring substituents is 1. The lowest BCUT2D eigenvalue weighted by atomic mass is 10.2. The molecule has 0 saturated carbocycles. The molecule has 0 bridgehead atoms. The zero-order chi connectivity index (χ0) is 20.0. The minimum Gasteiger partial charge on any atom is -0.452 e. The number of carbonyl (C=O) groups excluding carboxylic acids is 3. The number of nitro groups is 1. The summed E-state index contributed by atoms with van der Waals surface area (Å²) < 4.78 is 4.86. The SMILES string of the molecule is CC(=O)Nc1cccc(NC(=O)COC(=O)c2ccc([N+](=O)[O-])cc2Cl)c1. The largest absolute Gasteiger partial charge is 0.452 e. The number of nitrogens with one attached hydrogen (secondary N) is 2. The van der Waals surface area contributed by atoms with Crippen LogP contribution in [0, 0.1) is 10.1 Å². The van der Waals surface area contributed by atoms with E-state index in [1.54, 1.807) is 18.2 Å². The van der Waals surface area contributed by atoms with Crippen LogP contribution in [0.3, 0.4) is 0 Å². The molecule has 0 aliphatic rings. The number of halogens is 1. The first-order chi connectivity index (χ1) is 12.8. The number of non-ortho nitro benzene ring substituents is 1. The molecule has 0 aromatic heterocycles. The number of amides is 2. The Kier molecular flexibility index (Phi) is 6.45. The maximum Gasteiger partial charge on any atom is 0.340 e. The minimum atomic E-state index is -0.892. The van der Waals surface area contributed by atoms with Crippen LogP contribution in [0.15, 0.2) is 42.5 Å². The van der Waals surface area contributed by atoms with Gasteiger partial charge in [0.25, 0.3) is 11.6 Å². The van der Waals surface area contributed by atoms with Gasteiger partial charge in [-0.3, -0.25) is 19.7 Å². The smallest absolute Gasteiger partial charge is 0.340 e. The fraction of sp³-hybridized carbons (Fsp3) is 0.118. The molecular formula is C17H14ClN3O6. The van der Waals surface area contributed by atoms with E-state index in [1.165, 1.54) is 13.0 Å². The Morgan fingerprint density at radius 2 is 1.78 bits per heavy atom. The fourth-order valence-electron chi connectivity index (χ4n) is 2.07. The zero-order valence-corrected chi connectivity index (χ0v) is 14.8. The average molecular weight is 392 g/mol. The Morgan fingerprint density at radius 1 is 1.11 bits per heavy atom. The van der Waals surface area contributed by atoms with Gasteiger partial charge in [0.2, 0.25) is 5.91 Å². The maximum absolute atomic E-state index is 12.0. The van der Waals surface area contributed by atoms with Crippen molar-refractivity contribution in [1.29, 1.82) is 0 Å². The Morgan fingerprint density at radius 3 is 2.37 bits per heavy atom. The van der Waals surface area contributed by atoms with E-state index < -0.39 is 23.4 Å². The molecule has 10 heteroatoms. The van der Waals surface area contributed by atoms with Gasteiger partial charge in [-0.2, -0.15) is 0 Å². The fourth-order valence-corrected chi connectivity index (χ4v) is 2.32. The lowest BCUT2D eigenvalue weighted by Crippen LogP contribution is -2.21. The van der Waals surface area contributed by atoms with Crippen molar-refractivity contribution in [2.45, 2.75) is 6.92 Å². The standard InChI is InChI=1S/C17H14ClN3O6/c1-10(22)19-11-3-2-4-12(7-11)20-16(23)9-27-17(24)14-6-5-13(21(25)26)8-15(14)18/h2-8H,9H2,1H3,(H,19,22)(H,20,23). The molecule has 27 heavy (non-hydrogen) atoms. The van der Waals surface area contributed by atoms with Crippen molar-refractivity contribution in [2.24, 2.45) is 0 Å². The molecule has 2 aromatic rings. The number of nitrogens with zero attached hydrogens (tertiary/aromatic N) is 1. The van der Waals surface area contributed by atoms with Crippen LogP contribution in [-0.4, -0.2) is 29.3 Å². The van der Waals surface area contributed by atoms with Gasteiger partial charge in [-0.1, -0.05) is 17.7 Å². The highest BCUT2D eigenvalue weighted by Crippen LogP contribution is 2.23. The van der Waals surface area contributed by atoms with Crippen LogP contribution in [0.25, 0.3) is 0 Å². The number of hydrogen-bond donors (Lipinski definition) is 2. The molecule has 0 radical (unpaired) electrons. The van der Waals surface area contributed by atoms with Crippen molar-refractivity contribution in [2.75, 3.05) is 17.2 Å². The Balaban J connectivity index is 1.94. The summed E-state index contributed by atoms with van der Waals surface area (Å²) in [6.45, 7) is 0.768. The summed E-state index contributed by atoms with van der Waals surface area (Å²) in [6.07, 6.45) is 0. The van der Waals surface area contributed by atoms with Crippen LogP contribution in [0.5, 0.6) is 0 Å². The third-order valence-corrected chi connectivity index (χ3v) is 3.50. The van der Waals surface area contributed by atoms with Crippen LogP contribution in [0.4, 0.5) is 17.1 Å². The van der Waals surface area contributed by atoms with E-state index in [4.69, 9.17) is 16.3 Å². The van der Waals surface area contributed by atoms with E-state index in [0.717, 1.165) is 18.2 Å². The molecule has 0 saturated heterocycles. The lowest BCUT2D eigenvalue weighted by molar-refractivity contribution is -0.384. The molecule has 0 atom stereocenters. The summed E-state index contributed by atoms with van der Waals surface area (Å²) in [5, 5.41) is 15.6. The van der Waals surface area contributed by atoms with Crippen molar-refractivity contribution in [3.8, 4) is 0 Å². The van der Waals surface area contributed by atoms with E-state index in [1.807, 2.05) is 0 Å². The van der Waals surface area contributed by atoms with Crippen LogP contribution >= 0.6 is 11.6 Å². The first-order valence-corrected chi connectivity index (χ1v) is 7.92. The molecule has 2 N–H and O–H groups in total. The summed E-state index contributed by atoms with van der Waals surface area (Å²) in [5.74, 6) is -1.76. The number of anilines is 2. The summed E-state index contributed by atoms with van der Waals surface area (Å²) >= 11 is 5.83. The zero-order valence-electron chi connectivity index (χ0n) is 14.0. The number of benzene rings is 2. The molecule has 0 unspecified atom stereocenters. The van der Waals surface area contributed by atoms with Gasteiger partial charge in [-0.15, -0.1) is 0 Å². The second-order valence-electron chi connectivity index (χ2n) is 5.31. The summed E-state index contributed by atoms with van der Waals surface area (Å²) in [7, 11) is 0. The first kappa shape index (κ1) is 19.9. The van der Waals surface area contributed by atoms with Gasteiger partial charge in [-0.25, -0.2) is 4.79 Å². The van der Waals surface area contributed by atoms with Crippen LogP contribution in [0.2, 0.25) is 5.02 Å². The van der Waals surface area contributed by atoms with Crippen molar-refractivity contribution in [3.63, 3.8) is 0 Å². The van der Waals surface area contributed by atoms with Crippen LogP contribution < -0.4 is 10.6 Å². The molecule has 0 spiro atoms. The van der Waals surface area contributed by atoms with E-state index >= 15 is 0 Å². The van der Waals surface area contributed by atoms with Gasteiger partial charge in [0.05, 0.1) is 15.5 Å². The van der Waals surface area contributed by atoms with E-state index in [9.17, 15) is 24.5 Å². The Hall–Kier alpha value is -3.46. The second kappa shape index (κ2) is 8.77. The summed E-state index contributed by atoms with van der Waals surface area (Å²) in [5.41, 5.74) is 0.529. The number of esters is 1. The average Bonchev–Trinajstić information content (AvgIpc) is 2.59. The molecule has 0 fully saturated rings.